The highest BCUT2D eigenvalue weighted by Crippen LogP contribution is 2.13. The van der Waals surface area contributed by atoms with E-state index in [1.807, 2.05) is 26.8 Å². The number of furan rings is 1. The maximum atomic E-state index is 12.0. The Morgan fingerprint density at radius 1 is 1.13 bits per heavy atom. The minimum atomic E-state index is -0.139. The summed E-state index contributed by atoms with van der Waals surface area (Å²) < 4.78 is 5.36. The van der Waals surface area contributed by atoms with Crippen LogP contribution in [0.4, 0.5) is 11.8 Å². The zero-order chi connectivity index (χ0) is 16.8. The summed E-state index contributed by atoms with van der Waals surface area (Å²) in [6.07, 6.45) is 0. The van der Waals surface area contributed by atoms with Crippen LogP contribution >= 0.6 is 0 Å². The summed E-state index contributed by atoms with van der Waals surface area (Å²) in [5.41, 5.74) is 1.45. The minimum Gasteiger partial charge on any atom is -0.466 e. The largest absolute Gasteiger partial charge is 0.466 e. The zero-order valence-corrected chi connectivity index (χ0v) is 14.0. The maximum absolute atomic E-state index is 12.0. The molecule has 0 aliphatic rings. The number of carbonyl (C=O) groups excluding carboxylic acids is 1. The molecule has 0 aliphatic carbocycles. The molecule has 7 nitrogen and oxygen atoms in total. The lowest BCUT2D eigenvalue weighted by molar-refractivity contribution is 0.0953. The Hall–Kier alpha value is -2.57. The molecule has 0 fully saturated rings. The van der Waals surface area contributed by atoms with Crippen LogP contribution in [0.3, 0.4) is 0 Å². The minimum absolute atomic E-state index is 0.139. The number of nitrogens with zero attached hydrogens (tertiary/aromatic N) is 2. The van der Waals surface area contributed by atoms with Gasteiger partial charge in [-0.2, -0.15) is 4.98 Å². The molecule has 0 atom stereocenters. The summed E-state index contributed by atoms with van der Waals surface area (Å²) in [7, 11) is 0. The predicted octanol–water partition coefficient (Wildman–Crippen LogP) is 2.27. The Bertz CT molecular complexity index is 681. The Balaban J connectivity index is 1.83. The van der Waals surface area contributed by atoms with Gasteiger partial charge in [-0.25, -0.2) is 4.98 Å². The molecule has 23 heavy (non-hydrogen) atoms. The molecule has 0 aliphatic heterocycles. The monoisotopic (exact) mass is 317 g/mol. The van der Waals surface area contributed by atoms with Gasteiger partial charge in [-0.3, -0.25) is 4.79 Å². The third-order valence-electron chi connectivity index (χ3n) is 3.19. The van der Waals surface area contributed by atoms with Crippen LogP contribution in [0.25, 0.3) is 0 Å². The summed E-state index contributed by atoms with van der Waals surface area (Å²) >= 11 is 0. The normalized spacial score (nSPS) is 10.4. The van der Waals surface area contributed by atoms with Gasteiger partial charge in [0, 0.05) is 31.4 Å². The quantitative estimate of drug-likeness (QED) is 0.679. The van der Waals surface area contributed by atoms with E-state index in [0.29, 0.717) is 30.4 Å². The van der Waals surface area contributed by atoms with Crippen molar-refractivity contribution in [1.82, 2.24) is 15.3 Å². The Morgan fingerprint density at radius 3 is 2.57 bits per heavy atom. The van der Waals surface area contributed by atoms with Crippen LogP contribution in [0.1, 0.15) is 34.5 Å². The van der Waals surface area contributed by atoms with Gasteiger partial charge in [-0.05, 0) is 33.8 Å². The highest BCUT2D eigenvalue weighted by atomic mass is 16.3. The van der Waals surface area contributed by atoms with Crippen molar-refractivity contribution in [3.05, 3.63) is 34.9 Å². The van der Waals surface area contributed by atoms with Crippen LogP contribution in [0.5, 0.6) is 0 Å². The van der Waals surface area contributed by atoms with Crippen molar-refractivity contribution < 1.29 is 9.21 Å². The zero-order valence-electron chi connectivity index (χ0n) is 14.0. The third kappa shape index (κ3) is 4.70. The van der Waals surface area contributed by atoms with E-state index in [1.54, 1.807) is 13.0 Å². The number of rotatable bonds is 7. The van der Waals surface area contributed by atoms with Crippen molar-refractivity contribution in [1.29, 1.82) is 0 Å². The molecule has 3 N–H and O–H groups in total. The van der Waals surface area contributed by atoms with Gasteiger partial charge in [0.25, 0.3) is 5.91 Å². The number of aromatic nitrogens is 2. The van der Waals surface area contributed by atoms with Crippen LogP contribution in [0.2, 0.25) is 0 Å². The van der Waals surface area contributed by atoms with Gasteiger partial charge >= 0.3 is 0 Å². The molecule has 0 radical (unpaired) electrons. The number of nitrogens with one attached hydrogen (secondary N) is 3. The highest BCUT2D eigenvalue weighted by Gasteiger charge is 2.12. The van der Waals surface area contributed by atoms with E-state index >= 15 is 0 Å². The molecule has 2 heterocycles. The molecule has 0 aromatic carbocycles. The highest BCUT2D eigenvalue weighted by molar-refractivity contribution is 5.95. The van der Waals surface area contributed by atoms with Gasteiger partial charge in [-0.15, -0.1) is 0 Å². The van der Waals surface area contributed by atoms with Gasteiger partial charge in [0.15, 0.2) is 0 Å². The van der Waals surface area contributed by atoms with Crippen LogP contribution in [-0.2, 0) is 0 Å². The van der Waals surface area contributed by atoms with Crippen LogP contribution < -0.4 is 16.0 Å². The smallest absolute Gasteiger partial charge is 0.254 e. The van der Waals surface area contributed by atoms with E-state index in [4.69, 9.17) is 4.42 Å². The molecular formula is C16H23N5O2. The summed E-state index contributed by atoms with van der Waals surface area (Å²) in [5.74, 6) is 2.56. The van der Waals surface area contributed by atoms with Crippen LogP contribution in [-0.4, -0.2) is 35.5 Å². The molecule has 0 saturated carbocycles. The van der Waals surface area contributed by atoms with E-state index in [0.717, 1.165) is 23.8 Å². The Morgan fingerprint density at radius 2 is 1.91 bits per heavy atom. The second-order valence-electron chi connectivity index (χ2n) is 5.26. The number of amides is 1. The number of aryl methyl sites for hydroxylation is 3. The number of hydrogen-bond donors (Lipinski definition) is 3. The molecule has 124 valence electrons. The first-order valence-electron chi connectivity index (χ1n) is 7.68. The number of carbonyl (C=O) groups is 1. The molecule has 2 aromatic rings. The van der Waals surface area contributed by atoms with Gasteiger partial charge in [0.05, 0.1) is 5.56 Å². The standard InChI is InChI=1S/C16H23N5O2/c1-5-17-14-8-10(2)20-16(21-14)19-7-6-18-15(22)13-9-11(3)23-12(13)4/h8-9H,5-7H2,1-4H3,(H,18,22)(H2,17,19,20,21). The molecular weight excluding hydrogens is 294 g/mol. The van der Waals surface area contributed by atoms with Crippen molar-refractivity contribution in [2.24, 2.45) is 0 Å². The average molecular weight is 317 g/mol. The lowest BCUT2D eigenvalue weighted by Crippen LogP contribution is -2.29. The van der Waals surface area contributed by atoms with Crippen molar-refractivity contribution >= 4 is 17.7 Å². The predicted molar refractivity (Wildman–Crippen MR) is 89.9 cm³/mol. The lowest BCUT2D eigenvalue weighted by atomic mass is 10.2. The van der Waals surface area contributed by atoms with E-state index in [1.165, 1.54) is 0 Å². The first kappa shape index (κ1) is 16.8. The maximum Gasteiger partial charge on any atom is 0.254 e. The molecule has 2 rings (SSSR count). The summed E-state index contributed by atoms with van der Waals surface area (Å²) in [6, 6.07) is 3.63. The van der Waals surface area contributed by atoms with E-state index in [9.17, 15) is 4.79 Å². The second-order valence-corrected chi connectivity index (χ2v) is 5.26. The summed E-state index contributed by atoms with van der Waals surface area (Å²) in [4.78, 5) is 20.7. The van der Waals surface area contributed by atoms with E-state index < -0.39 is 0 Å². The number of anilines is 2. The summed E-state index contributed by atoms with van der Waals surface area (Å²) in [6.45, 7) is 9.34. The fourth-order valence-electron chi connectivity index (χ4n) is 2.22. The Kier molecular flexibility index (Phi) is 5.56. The van der Waals surface area contributed by atoms with Gasteiger partial charge in [-0.1, -0.05) is 0 Å². The molecule has 2 aromatic heterocycles. The molecule has 0 saturated heterocycles. The molecule has 0 unspecified atom stereocenters. The average Bonchev–Trinajstić information content (AvgIpc) is 2.82. The molecule has 0 spiro atoms. The fourth-order valence-corrected chi connectivity index (χ4v) is 2.22. The molecule has 0 bridgehead atoms. The van der Waals surface area contributed by atoms with Gasteiger partial charge in [0.2, 0.25) is 5.95 Å². The summed E-state index contributed by atoms with van der Waals surface area (Å²) in [5, 5.41) is 9.11. The number of hydrogen-bond acceptors (Lipinski definition) is 6. The van der Waals surface area contributed by atoms with Gasteiger partial charge < -0.3 is 20.4 Å². The topological polar surface area (TPSA) is 92.1 Å². The SMILES string of the molecule is CCNc1cc(C)nc(NCCNC(=O)c2cc(C)oc2C)n1. The Labute approximate surface area is 135 Å². The van der Waals surface area contributed by atoms with Gasteiger partial charge in [0.1, 0.15) is 17.3 Å². The van der Waals surface area contributed by atoms with Crippen molar-refractivity contribution in [3.63, 3.8) is 0 Å². The third-order valence-corrected chi connectivity index (χ3v) is 3.19. The van der Waals surface area contributed by atoms with Crippen LogP contribution in [0.15, 0.2) is 16.5 Å². The first-order valence-corrected chi connectivity index (χ1v) is 7.68. The van der Waals surface area contributed by atoms with Crippen molar-refractivity contribution in [2.75, 3.05) is 30.3 Å². The first-order chi connectivity index (χ1) is 11.0. The van der Waals surface area contributed by atoms with Crippen molar-refractivity contribution in [2.45, 2.75) is 27.7 Å². The fraction of sp³-hybridized carbons (Fsp3) is 0.438. The van der Waals surface area contributed by atoms with Crippen molar-refractivity contribution in [3.8, 4) is 0 Å². The van der Waals surface area contributed by atoms with E-state index in [-0.39, 0.29) is 5.91 Å². The molecule has 7 heteroatoms. The van der Waals surface area contributed by atoms with E-state index in [2.05, 4.69) is 25.9 Å². The lowest BCUT2D eigenvalue weighted by Gasteiger charge is -2.09. The molecule has 1 amide bonds. The second kappa shape index (κ2) is 7.62. The van der Waals surface area contributed by atoms with Crippen LogP contribution in [0, 0.1) is 20.8 Å².